The van der Waals surface area contributed by atoms with E-state index in [1.165, 1.54) is 44.9 Å². The summed E-state index contributed by atoms with van der Waals surface area (Å²) in [7, 11) is 0. The summed E-state index contributed by atoms with van der Waals surface area (Å²) < 4.78 is 16.5. The summed E-state index contributed by atoms with van der Waals surface area (Å²) in [5.41, 5.74) is 1.62. The molecule has 11 heteroatoms. The molecule has 2 heterocycles. The van der Waals surface area contributed by atoms with Gasteiger partial charge in [0, 0.05) is 6.04 Å². The first-order chi connectivity index (χ1) is 19.1. The Morgan fingerprint density at radius 2 is 1.43 bits per heavy atom. The van der Waals surface area contributed by atoms with Crippen LogP contribution in [0.1, 0.15) is 84.5 Å². The smallest absolute Gasteiger partial charge is 0.189 e. The number of hydrogen-bond acceptors (Lipinski definition) is 11. The van der Waals surface area contributed by atoms with Gasteiger partial charge in [-0.2, -0.15) is 0 Å². The molecule has 0 aromatic carbocycles. The van der Waals surface area contributed by atoms with Gasteiger partial charge in [0.15, 0.2) is 18.9 Å². The zero-order chi connectivity index (χ0) is 29.0. The zero-order valence-electron chi connectivity index (χ0n) is 23.8. The molecular weight excluding hydrogens is 522 g/mol. The Kier molecular flexibility index (Phi) is 11.8. The third kappa shape index (κ3) is 7.62. The predicted molar refractivity (Wildman–Crippen MR) is 144 cm³/mol. The molecule has 0 spiro atoms. The lowest BCUT2D eigenvalue weighted by Gasteiger charge is -2.46. The monoisotopic (exact) mass is 573 g/mol. The molecule has 4 rings (SSSR count). The molecular formula is C29H51NO10. The molecule has 3 fully saturated rings. The molecule has 232 valence electrons. The van der Waals surface area contributed by atoms with Gasteiger partial charge in [0.05, 0.1) is 0 Å². The van der Waals surface area contributed by atoms with Gasteiger partial charge in [-0.05, 0) is 62.7 Å². The van der Waals surface area contributed by atoms with Crippen LogP contribution in [-0.2, 0) is 14.2 Å². The van der Waals surface area contributed by atoms with Gasteiger partial charge in [-0.3, -0.25) is 5.32 Å². The molecule has 4 aliphatic rings. The van der Waals surface area contributed by atoms with Crippen molar-refractivity contribution in [3.05, 3.63) is 11.6 Å². The van der Waals surface area contributed by atoms with Crippen molar-refractivity contribution in [3.8, 4) is 0 Å². The van der Waals surface area contributed by atoms with Crippen LogP contribution in [0.5, 0.6) is 0 Å². The van der Waals surface area contributed by atoms with Gasteiger partial charge in [0.1, 0.15) is 42.9 Å². The Hall–Kier alpha value is -0.700. The molecule has 14 atom stereocenters. The molecule has 0 radical (unpaired) electrons. The van der Waals surface area contributed by atoms with E-state index < -0.39 is 61.7 Å². The molecule has 1 saturated carbocycles. The highest BCUT2D eigenvalue weighted by Crippen LogP contribution is 2.38. The first-order valence-corrected chi connectivity index (χ1v) is 15.3. The number of aliphatic hydroxyl groups is 7. The van der Waals surface area contributed by atoms with E-state index in [0.717, 1.165) is 25.7 Å². The minimum atomic E-state index is -1.83. The van der Waals surface area contributed by atoms with Crippen molar-refractivity contribution in [1.82, 2.24) is 5.32 Å². The fourth-order valence-corrected chi connectivity index (χ4v) is 6.81. The minimum absolute atomic E-state index is 0.0496. The highest BCUT2D eigenvalue weighted by atomic mass is 16.8. The van der Waals surface area contributed by atoms with Crippen molar-refractivity contribution >= 4 is 0 Å². The zero-order valence-corrected chi connectivity index (χ0v) is 23.8. The van der Waals surface area contributed by atoms with Crippen LogP contribution in [0.25, 0.3) is 0 Å². The molecule has 2 aliphatic heterocycles. The van der Waals surface area contributed by atoms with Gasteiger partial charge >= 0.3 is 0 Å². The number of aliphatic hydroxyl groups excluding tert-OH is 7. The number of hydrogen-bond donors (Lipinski definition) is 8. The molecule has 2 aliphatic carbocycles. The van der Waals surface area contributed by atoms with Crippen LogP contribution in [-0.4, -0.2) is 104 Å². The summed E-state index contributed by atoms with van der Waals surface area (Å²) in [6, 6.07) is -0.0496. The summed E-state index contributed by atoms with van der Waals surface area (Å²) in [6.45, 7) is 4.45. The van der Waals surface area contributed by atoms with Crippen LogP contribution in [0.15, 0.2) is 11.6 Å². The van der Waals surface area contributed by atoms with Crippen LogP contribution < -0.4 is 5.32 Å². The van der Waals surface area contributed by atoms with Crippen molar-refractivity contribution in [2.24, 2.45) is 17.8 Å². The second kappa shape index (κ2) is 14.7. The Labute approximate surface area is 237 Å². The maximum atomic E-state index is 10.8. The van der Waals surface area contributed by atoms with E-state index in [4.69, 9.17) is 14.2 Å². The summed E-state index contributed by atoms with van der Waals surface area (Å²) in [6.07, 6.45) is -0.740. The van der Waals surface area contributed by atoms with Crippen molar-refractivity contribution in [2.45, 2.75) is 152 Å². The van der Waals surface area contributed by atoms with Crippen molar-refractivity contribution < 1.29 is 50.0 Å². The Bertz CT molecular complexity index is 816. The summed E-state index contributed by atoms with van der Waals surface area (Å²) in [4.78, 5) is 0. The van der Waals surface area contributed by atoms with Crippen molar-refractivity contribution in [1.29, 1.82) is 0 Å². The first-order valence-electron chi connectivity index (χ1n) is 15.3. The number of rotatable bonds is 5. The van der Waals surface area contributed by atoms with E-state index in [2.05, 4.69) is 25.2 Å². The van der Waals surface area contributed by atoms with Crippen molar-refractivity contribution in [2.75, 3.05) is 0 Å². The maximum absolute atomic E-state index is 10.8. The molecule has 0 amide bonds. The quantitative estimate of drug-likeness (QED) is 0.216. The normalized spacial score (nSPS) is 49.5. The molecule has 0 aromatic rings. The van der Waals surface area contributed by atoms with Gasteiger partial charge in [-0.15, -0.1) is 0 Å². The standard InChI is InChI=1S/C29H51NO10/c1-15-14-18(17-10-7-5-3-4-6-8-11-17)12-9-13-19(16(15)2)30-26-25(21(32)23(34)27(36)39-26)38-29-24(35)20(31)22(33)28(37)40-29/h10,15-16,18-37H,3-9,11-14H2,1-2H3/b17-10+/t15?,16?,18?,19?,20?,21?,22-,23-,24?,25?,26+,27?,28?,29-/m0/s1. The highest BCUT2D eigenvalue weighted by Gasteiger charge is 2.51. The van der Waals surface area contributed by atoms with Gasteiger partial charge in [-0.1, -0.05) is 51.2 Å². The minimum Gasteiger partial charge on any atom is -0.387 e. The molecule has 40 heavy (non-hydrogen) atoms. The van der Waals surface area contributed by atoms with Gasteiger partial charge < -0.3 is 50.0 Å². The van der Waals surface area contributed by atoms with Crippen molar-refractivity contribution in [3.63, 3.8) is 0 Å². The topological polar surface area (TPSA) is 181 Å². The molecule has 11 nitrogen and oxygen atoms in total. The van der Waals surface area contributed by atoms with Gasteiger partial charge in [0.25, 0.3) is 0 Å². The third-order valence-corrected chi connectivity index (χ3v) is 9.63. The van der Waals surface area contributed by atoms with E-state index >= 15 is 0 Å². The largest absolute Gasteiger partial charge is 0.387 e. The molecule has 2 saturated heterocycles. The first kappa shape index (κ1) is 32.2. The maximum Gasteiger partial charge on any atom is 0.189 e. The fourth-order valence-electron chi connectivity index (χ4n) is 6.81. The van der Waals surface area contributed by atoms with E-state index in [0.29, 0.717) is 11.8 Å². The SMILES string of the molecule is CC1CC(/C2=C/CCCCCCC2)CCCC(N[C@@H]2OC(O)[C@@H](O)C(O)C2O[C@H]2OC(O)[C@@H](O)C(O)C2O)C1C. The number of allylic oxidation sites excluding steroid dienone is 2. The second-order valence-electron chi connectivity index (χ2n) is 12.5. The van der Waals surface area contributed by atoms with E-state index in [-0.39, 0.29) is 12.0 Å². The van der Waals surface area contributed by atoms with E-state index in [1.807, 2.05) is 0 Å². The predicted octanol–water partition coefficient (Wildman–Crippen LogP) is 0.617. The highest BCUT2D eigenvalue weighted by molar-refractivity contribution is 5.09. The Morgan fingerprint density at radius 3 is 2.20 bits per heavy atom. The summed E-state index contributed by atoms with van der Waals surface area (Å²) >= 11 is 0. The summed E-state index contributed by atoms with van der Waals surface area (Å²) in [5.74, 6) is 1.19. The number of nitrogens with one attached hydrogen (secondary N) is 1. The lowest BCUT2D eigenvalue weighted by molar-refractivity contribution is -0.377. The second-order valence-corrected chi connectivity index (χ2v) is 12.5. The van der Waals surface area contributed by atoms with Gasteiger partial charge in [0.2, 0.25) is 0 Å². The van der Waals surface area contributed by atoms with Crippen LogP contribution in [0.3, 0.4) is 0 Å². The third-order valence-electron chi connectivity index (χ3n) is 9.63. The molecule has 10 unspecified atom stereocenters. The number of ether oxygens (including phenoxy) is 3. The van der Waals surface area contributed by atoms with Gasteiger partial charge in [-0.25, -0.2) is 0 Å². The van der Waals surface area contributed by atoms with Crippen LogP contribution in [0.4, 0.5) is 0 Å². The van der Waals surface area contributed by atoms with Crippen LogP contribution >= 0.6 is 0 Å². The molecule has 0 bridgehead atoms. The summed E-state index contributed by atoms with van der Waals surface area (Å²) in [5, 5.41) is 74.9. The average molecular weight is 574 g/mol. The fraction of sp³-hybridized carbons (Fsp3) is 0.931. The average Bonchev–Trinajstić information content (AvgIpc) is 3.07. The molecule has 0 aromatic heterocycles. The van der Waals surface area contributed by atoms with E-state index in [1.54, 1.807) is 5.57 Å². The lowest BCUT2D eigenvalue weighted by atomic mass is 9.73. The van der Waals surface area contributed by atoms with Crippen LogP contribution in [0.2, 0.25) is 0 Å². The Balaban J connectivity index is 1.44. The molecule has 8 N–H and O–H groups in total. The van der Waals surface area contributed by atoms with E-state index in [9.17, 15) is 35.7 Å². The Morgan fingerprint density at radius 1 is 0.750 bits per heavy atom. The van der Waals surface area contributed by atoms with Crippen LogP contribution in [0, 0.1) is 17.8 Å². The lowest BCUT2D eigenvalue weighted by Crippen LogP contribution is -2.67.